The van der Waals surface area contributed by atoms with Crippen LogP contribution in [0, 0.1) is 5.41 Å². The number of carbonyl (C=O) groups excluding carboxylic acids is 1. The minimum Gasteiger partial charge on any atom is -0.371 e. The van der Waals surface area contributed by atoms with Gasteiger partial charge in [-0.2, -0.15) is 0 Å². The van der Waals surface area contributed by atoms with Crippen LogP contribution in [-0.2, 0) is 14.8 Å². The Morgan fingerprint density at radius 1 is 1.52 bits per heavy atom. The topological polar surface area (TPSA) is 119 Å². The number of carbonyl (C=O) groups is 1. The fourth-order valence-corrected chi connectivity index (χ4v) is 3.88. The molecular weight excluding hydrogens is 314 g/mol. The van der Waals surface area contributed by atoms with Crippen LogP contribution in [-0.4, -0.2) is 37.3 Å². The zero-order valence-electron chi connectivity index (χ0n) is 11.9. The van der Waals surface area contributed by atoms with Crippen LogP contribution in [0.15, 0.2) is 16.6 Å². The average molecular weight is 331 g/mol. The number of nitrogens with two attached hydrogens (primary N) is 1. The number of aromatic nitrogens is 2. The van der Waals surface area contributed by atoms with E-state index in [4.69, 9.17) is 5.73 Å². The molecule has 0 aliphatic rings. The van der Waals surface area contributed by atoms with Crippen molar-refractivity contribution in [2.24, 2.45) is 11.1 Å². The highest BCUT2D eigenvalue weighted by Gasteiger charge is 2.30. The molecule has 2 aromatic rings. The molecule has 2 rings (SSSR count). The number of anilines is 1. The number of hydrogen-bond acceptors (Lipinski definition) is 6. The van der Waals surface area contributed by atoms with E-state index in [-0.39, 0.29) is 17.4 Å². The normalized spacial score (nSPS) is 12.7. The molecule has 2 aromatic heterocycles. The molecule has 8 nitrogen and oxygen atoms in total. The van der Waals surface area contributed by atoms with Gasteiger partial charge in [0.05, 0.1) is 5.41 Å². The van der Waals surface area contributed by atoms with Crippen molar-refractivity contribution >= 4 is 38.0 Å². The Morgan fingerprint density at radius 3 is 2.76 bits per heavy atom. The van der Waals surface area contributed by atoms with Crippen LogP contribution in [0.5, 0.6) is 0 Å². The number of nitrogens with zero attached hydrogens (tertiary/aromatic N) is 2. The second-order valence-corrected chi connectivity index (χ2v) is 7.70. The molecule has 21 heavy (non-hydrogen) atoms. The van der Waals surface area contributed by atoms with Crippen molar-refractivity contribution in [3.8, 4) is 0 Å². The highest BCUT2D eigenvalue weighted by atomic mass is 32.2. The largest absolute Gasteiger partial charge is 0.371 e. The third-order valence-corrected chi connectivity index (χ3v) is 5.26. The molecule has 0 saturated carbocycles. The summed E-state index contributed by atoms with van der Waals surface area (Å²) in [5.74, 6) is -0.320. The van der Waals surface area contributed by atoms with Crippen LogP contribution in [0.25, 0.3) is 4.96 Å². The summed E-state index contributed by atoms with van der Waals surface area (Å²) in [7, 11) is -2.24. The summed E-state index contributed by atoms with van der Waals surface area (Å²) in [4.78, 5) is 16.0. The third-order valence-electron chi connectivity index (χ3n) is 3.08. The van der Waals surface area contributed by atoms with Gasteiger partial charge in [0, 0.05) is 25.2 Å². The van der Waals surface area contributed by atoms with Gasteiger partial charge >= 0.3 is 0 Å². The van der Waals surface area contributed by atoms with Gasteiger partial charge in [-0.15, -0.1) is 11.3 Å². The second kappa shape index (κ2) is 5.28. The zero-order valence-corrected chi connectivity index (χ0v) is 13.5. The number of imidazole rings is 1. The van der Waals surface area contributed by atoms with Gasteiger partial charge in [0.15, 0.2) is 15.8 Å². The fraction of sp³-hybridized carbons (Fsp3) is 0.455. The third kappa shape index (κ3) is 2.87. The fourth-order valence-electron chi connectivity index (χ4n) is 1.62. The number of thiazole rings is 1. The van der Waals surface area contributed by atoms with E-state index in [1.165, 1.54) is 15.7 Å². The summed E-state index contributed by atoms with van der Waals surface area (Å²) in [5.41, 5.74) is 4.27. The maximum absolute atomic E-state index is 12.5. The first-order valence-electron chi connectivity index (χ1n) is 6.12. The van der Waals surface area contributed by atoms with Crippen molar-refractivity contribution in [2.75, 3.05) is 18.9 Å². The van der Waals surface area contributed by atoms with Gasteiger partial charge in [-0.1, -0.05) is 0 Å². The quantitative estimate of drug-likeness (QED) is 0.700. The van der Waals surface area contributed by atoms with Crippen molar-refractivity contribution in [3.05, 3.63) is 11.6 Å². The molecule has 116 valence electrons. The predicted octanol–water partition coefficient (Wildman–Crippen LogP) is 0.227. The average Bonchev–Trinajstić information content (AvgIpc) is 2.95. The lowest BCUT2D eigenvalue weighted by molar-refractivity contribution is -0.125. The highest BCUT2D eigenvalue weighted by molar-refractivity contribution is 7.89. The number of sulfonamides is 1. The Hall–Kier alpha value is -1.65. The number of fused-ring (bicyclic) bond motifs is 1. The van der Waals surface area contributed by atoms with Gasteiger partial charge in [0.25, 0.3) is 10.0 Å². The van der Waals surface area contributed by atoms with Crippen LogP contribution in [0.1, 0.15) is 13.8 Å². The van der Waals surface area contributed by atoms with Crippen LogP contribution >= 0.6 is 11.3 Å². The van der Waals surface area contributed by atoms with E-state index in [1.54, 1.807) is 32.5 Å². The van der Waals surface area contributed by atoms with Gasteiger partial charge in [0.2, 0.25) is 5.91 Å². The van der Waals surface area contributed by atoms with Crippen LogP contribution in [0.2, 0.25) is 0 Å². The van der Waals surface area contributed by atoms with E-state index < -0.39 is 21.3 Å². The van der Waals surface area contributed by atoms with Gasteiger partial charge in [-0.3, -0.25) is 9.20 Å². The van der Waals surface area contributed by atoms with Crippen molar-refractivity contribution in [1.82, 2.24) is 14.1 Å². The molecule has 4 N–H and O–H groups in total. The molecule has 0 aliphatic carbocycles. The van der Waals surface area contributed by atoms with E-state index >= 15 is 0 Å². The predicted molar refractivity (Wildman–Crippen MR) is 80.8 cm³/mol. The van der Waals surface area contributed by atoms with E-state index in [1.807, 2.05) is 0 Å². The molecule has 0 aromatic carbocycles. The van der Waals surface area contributed by atoms with Crippen LogP contribution in [0.3, 0.4) is 0 Å². The number of primary amides is 1. The van der Waals surface area contributed by atoms with E-state index in [2.05, 4.69) is 15.0 Å². The first kappa shape index (κ1) is 15.7. The van der Waals surface area contributed by atoms with E-state index in [9.17, 15) is 13.2 Å². The molecule has 10 heteroatoms. The lowest BCUT2D eigenvalue weighted by atomic mass is 9.93. The van der Waals surface area contributed by atoms with E-state index in [0.717, 1.165) is 0 Å². The summed E-state index contributed by atoms with van der Waals surface area (Å²) in [6.45, 7) is 3.06. The van der Waals surface area contributed by atoms with Crippen molar-refractivity contribution in [3.63, 3.8) is 0 Å². The monoisotopic (exact) mass is 331 g/mol. The molecule has 0 saturated heterocycles. The van der Waals surface area contributed by atoms with Gasteiger partial charge in [0.1, 0.15) is 0 Å². The number of rotatable bonds is 6. The number of amides is 1. The first-order valence-corrected chi connectivity index (χ1v) is 8.48. The van der Waals surface area contributed by atoms with Gasteiger partial charge in [-0.05, 0) is 13.8 Å². The molecule has 1 amide bonds. The Kier molecular flexibility index (Phi) is 3.95. The summed E-state index contributed by atoms with van der Waals surface area (Å²) in [5, 5.41) is 4.52. The van der Waals surface area contributed by atoms with Gasteiger partial charge in [-0.25, -0.2) is 18.1 Å². The lowest BCUT2D eigenvalue weighted by Crippen LogP contribution is -2.42. The Bertz CT molecular complexity index is 775. The molecule has 0 spiro atoms. The van der Waals surface area contributed by atoms with Crippen LogP contribution in [0.4, 0.5) is 5.82 Å². The SMILES string of the molecule is CNc1nc2sccn2c1S(=O)(=O)NCC(C)(C)C(N)=O. The Morgan fingerprint density at radius 2 is 2.19 bits per heavy atom. The molecule has 0 fully saturated rings. The van der Waals surface area contributed by atoms with Crippen LogP contribution < -0.4 is 15.8 Å². The Balaban J connectivity index is 2.38. The first-order chi connectivity index (χ1) is 9.69. The second-order valence-electron chi connectivity index (χ2n) is 5.14. The summed E-state index contributed by atoms with van der Waals surface area (Å²) >= 11 is 1.33. The lowest BCUT2D eigenvalue weighted by Gasteiger charge is -2.20. The van der Waals surface area contributed by atoms with Gasteiger partial charge < -0.3 is 11.1 Å². The maximum atomic E-state index is 12.5. The molecule has 0 aliphatic heterocycles. The zero-order chi connectivity index (χ0) is 15.8. The molecule has 0 unspecified atom stereocenters. The van der Waals surface area contributed by atoms with E-state index in [0.29, 0.717) is 4.96 Å². The summed E-state index contributed by atoms with van der Waals surface area (Å²) < 4.78 is 28.9. The van der Waals surface area contributed by atoms with Crippen molar-refractivity contribution in [1.29, 1.82) is 0 Å². The Labute approximate surface area is 126 Å². The number of hydrogen-bond donors (Lipinski definition) is 3. The number of nitrogens with one attached hydrogen (secondary N) is 2. The molecule has 0 atom stereocenters. The molecule has 2 heterocycles. The standard InChI is InChI=1S/C11H17N5O3S2/c1-11(2,9(12)17)6-14-21(18,19)8-7(13-3)15-10-16(8)4-5-20-10/h4-5,13-14H,6H2,1-3H3,(H2,12,17). The van der Waals surface area contributed by atoms with Crippen molar-refractivity contribution < 1.29 is 13.2 Å². The highest BCUT2D eigenvalue weighted by Crippen LogP contribution is 2.25. The molecule has 0 radical (unpaired) electrons. The smallest absolute Gasteiger partial charge is 0.260 e. The minimum atomic E-state index is -3.84. The summed E-state index contributed by atoms with van der Waals surface area (Å²) in [6, 6.07) is 0. The summed E-state index contributed by atoms with van der Waals surface area (Å²) in [6.07, 6.45) is 1.63. The van der Waals surface area contributed by atoms with Crippen molar-refractivity contribution in [2.45, 2.75) is 18.9 Å². The minimum absolute atomic E-state index is 0.0153. The molecule has 0 bridgehead atoms. The maximum Gasteiger partial charge on any atom is 0.260 e. The molecular formula is C11H17N5O3S2.